The van der Waals surface area contributed by atoms with E-state index in [-0.39, 0.29) is 17.6 Å². The summed E-state index contributed by atoms with van der Waals surface area (Å²) in [7, 11) is 0. The number of allylic oxidation sites excluding steroid dienone is 2. The summed E-state index contributed by atoms with van der Waals surface area (Å²) < 4.78 is 4.92. The van der Waals surface area contributed by atoms with Gasteiger partial charge in [-0.05, 0) is 66.7 Å². The molecule has 0 spiro atoms. The number of hydrogen-bond acceptors (Lipinski definition) is 5. The molecule has 1 heterocycles. The maximum Gasteiger partial charge on any atom is 0.411 e. The highest BCUT2D eigenvalue weighted by Crippen LogP contribution is 2.19. The smallest absolute Gasteiger partial charge is 0.411 e. The summed E-state index contributed by atoms with van der Waals surface area (Å²) in [6, 6.07) is 15.3. The Bertz CT molecular complexity index is 1120. The van der Waals surface area contributed by atoms with E-state index in [1.54, 1.807) is 25.1 Å². The molecule has 0 fully saturated rings. The summed E-state index contributed by atoms with van der Waals surface area (Å²) in [5.41, 5.74) is 4.27. The highest BCUT2D eigenvalue weighted by molar-refractivity contribution is 6.12. The van der Waals surface area contributed by atoms with Crippen LogP contribution >= 0.6 is 0 Å². The van der Waals surface area contributed by atoms with Crippen LogP contribution < -0.4 is 10.6 Å². The Morgan fingerprint density at radius 1 is 1.08 bits per heavy atom. The maximum atomic E-state index is 12.8. The number of anilines is 1. The summed E-state index contributed by atoms with van der Waals surface area (Å²) in [4.78, 5) is 41.1. The zero-order valence-electron chi connectivity index (χ0n) is 21.3. The van der Waals surface area contributed by atoms with Crippen molar-refractivity contribution < 1.29 is 19.1 Å². The van der Waals surface area contributed by atoms with Gasteiger partial charge in [-0.3, -0.25) is 19.9 Å². The molecule has 7 nitrogen and oxygen atoms in total. The number of ketones is 1. The molecule has 3 rings (SSSR count). The molecule has 36 heavy (non-hydrogen) atoms. The molecule has 1 atom stereocenters. The van der Waals surface area contributed by atoms with E-state index < -0.39 is 6.09 Å². The number of nitrogens with zero attached hydrogens (tertiary/aromatic N) is 1. The fourth-order valence-electron chi connectivity index (χ4n) is 3.85. The molecule has 1 aliphatic rings. The van der Waals surface area contributed by atoms with Crippen molar-refractivity contribution in [3.63, 3.8) is 0 Å². The molecule has 0 aliphatic carbocycles. The van der Waals surface area contributed by atoms with Crippen LogP contribution in [-0.2, 0) is 27.3 Å². The van der Waals surface area contributed by atoms with Gasteiger partial charge in [0, 0.05) is 24.6 Å². The van der Waals surface area contributed by atoms with Crippen LogP contribution in [0.5, 0.6) is 0 Å². The lowest BCUT2D eigenvalue weighted by Crippen LogP contribution is -2.22. The first-order valence-electron chi connectivity index (χ1n) is 12.5. The molecule has 0 aromatic heterocycles. The summed E-state index contributed by atoms with van der Waals surface area (Å²) in [5, 5.41) is 5.65. The molecule has 7 heteroatoms. The van der Waals surface area contributed by atoms with Crippen LogP contribution in [0.25, 0.3) is 0 Å². The summed E-state index contributed by atoms with van der Waals surface area (Å²) >= 11 is 0. The van der Waals surface area contributed by atoms with E-state index in [1.807, 2.05) is 42.5 Å². The molecule has 0 bridgehead atoms. The number of carbonyl (C=O) groups excluding carboxylic acids is 3. The summed E-state index contributed by atoms with van der Waals surface area (Å²) in [5.74, 6) is 0.319. The third-order valence-electron chi connectivity index (χ3n) is 5.91. The average molecular weight is 490 g/mol. The van der Waals surface area contributed by atoms with E-state index in [1.165, 1.54) is 0 Å². The minimum atomic E-state index is -0.503. The van der Waals surface area contributed by atoms with E-state index in [0.29, 0.717) is 44.1 Å². The van der Waals surface area contributed by atoms with Gasteiger partial charge in [-0.1, -0.05) is 50.2 Å². The molecule has 2 aromatic carbocycles. The maximum absolute atomic E-state index is 12.8. The molecule has 2 N–H and O–H groups in total. The molecule has 1 aliphatic heterocycles. The highest BCUT2D eigenvalue weighted by Gasteiger charge is 2.20. The Hall–Kier alpha value is -3.74. The van der Waals surface area contributed by atoms with Crippen LogP contribution in [0.2, 0.25) is 0 Å². The molecular weight excluding hydrogens is 454 g/mol. The lowest BCUT2D eigenvalue weighted by molar-refractivity contribution is -0.121. The van der Waals surface area contributed by atoms with E-state index in [0.717, 1.165) is 28.8 Å². The van der Waals surface area contributed by atoms with Gasteiger partial charge in [0.15, 0.2) is 5.78 Å². The quantitative estimate of drug-likeness (QED) is 0.486. The van der Waals surface area contributed by atoms with E-state index in [9.17, 15) is 14.4 Å². The first-order valence-corrected chi connectivity index (χ1v) is 12.5. The SMILES string of the molecule is CCOC(=O)Nc1cccc(CC2CN=C(c3ccc(CNC(=O)CCC(C)C)cc3)C=CC2=O)c1. The predicted octanol–water partition coefficient (Wildman–Crippen LogP) is 5.09. The fourth-order valence-corrected chi connectivity index (χ4v) is 3.85. The molecule has 0 saturated heterocycles. The van der Waals surface area contributed by atoms with Gasteiger partial charge < -0.3 is 10.1 Å². The fraction of sp³-hybridized carbons (Fsp3) is 0.379. The standard InChI is InChI=1S/C29H35N3O4/c1-4-36-29(35)32-25-7-5-6-22(17-25)16-24-19-30-26(13-14-27(24)33)23-11-9-21(10-12-23)18-31-28(34)15-8-20(2)3/h5-7,9-14,17,20,24H,4,8,15-16,18-19H2,1-3H3,(H,31,34)(H,32,35). The molecule has 2 amide bonds. The van der Waals surface area contributed by atoms with E-state index in [2.05, 4.69) is 24.5 Å². The zero-order valence-corrected chi connectivity index (χ0v) is 21.3. The van der Waals surface area contributed by atoms with Crippen molar-refractivity contribution in [2.45, 2.75) is 46.6 Å². The van der Waals surface area contributed by atoms with Crippen LogP contribution in [0.15, 0.2) is 65.7 Å². The number of carbonyl (C=O) groups is 3. The molecule has 1 unspecified atom stereocenters. The molecule has 2 aromatic rings. The molecule has 0 saturated carbocycles. The van der Waals surface area contributed by atoms with E-state index >= 15 is 0 Å². The lowest BCUT2D eigenvalue weighted by atomic mass is 9.95. The first-order chi connectivity index (χ1) is 17.3. The molecule has 190 valence electrons. The number of benzene rings is 2. The van der Waals surface area contributed by atoms with E-state index in [4.69, 9.17) is 9.73 Å². The average Bonchev–Trinajstić information content (AvgIpc) is 3.03. The third-order valence-corrected chi connectivity index (χ3v) is 5.91. The van der Waals surface area contributed by atoms with Gasteiger partial charge in [0.05, 0.1) is 18.9 Å². The number of amides is 2. The first kappa shape index (κ1) is 26.9. The van der Waals surface area contributed by atoms with Crippen molar-refractivity contribution >= 4 is 29.2 Å². The van der Waals surface area contributed by atoms with Crippen LogP contribution in [0.4, 0.5) is 10.5 Å². The minimum absolute atomic E-state index is 0.0261. The van der Waals surface area contributed by atoms with Crippen molar-refractivity contribution in [3.8, 4) is 0 Å². The zero-order chi connectivity index (χ0) is 25.9. The normalized spacial score (nSPS) is 15.3. The van der Waals surface area contributed by atoms with Gasteiger partial charge in [0.1, 0.15) is 0 Å². The van der Waals surface area contributed by atoms with Crippen LogP contribution in [0, 0.1) is 11.8 Å². The van der Waals surface area contributed by atoms with Crippen molar-refractivity contribution in [1.29, 1.82) is 0 Å². The largest absolute Gasteiger partial charge is 0.450 e. The Kier molecular flexibility index (Phi) is 9.98. The number of nitrogens with one attached hydrogen (secondary N) is 2. The summed E-state index contributed by atoms with van der Waals surface area (Å²) in [6.45, 7) is 7.13. The van der Waals surface area contributed by atoms with Crippen molar-refractivity contribution in [3.05, 3.63) is 77.4 Å². The topological polar surface area (TPSA) is 96.9 Å². The Labute approximate surface area is 213 Å². The van der Waals surface area contributed by atoms with Crippen molar-refractivity contribution in [2.75, 3.05) is 18.5 Å². The number of ether oxygens (including phenoxy) is 1. The van der Waals surface area contributed by atoms with Gasteiger partial charge in [-0.2, -0.15) is 0 Å². The predicted molar refractivity (Wildman–Crippen MR) is 142 cm³/mol. The molecule has 0 radical (unpaired) electrons. The van der Waals surface area contributed by atoms with Gasteiger partial charge >= 0.3 is 6.09 Å². The second-order valence-electron chi connectivity index (χ2n) is 9.31. The lowest BCUT2D eigenvalue weighted by Gasteiger charge is -2.12. The Morgan fingerprint density at radius 3 is 2.58 bits per heavy atom. The van der Waals surface area contributed by atoms with Crippen molar-refractivity contribution in [2.24, 2.45) is 16.8 Å². The monoisotopic (exact) mass is 489 g/mol. The Morgan fingerprint density at radius 2 is 1.86 bits per heavy atom. The van der Waals surface area contributed by atoms with Crippen molar-refractivity contribution in [1.82, 2.24) is 5.32 Å². The van der Waals surface area contributed by atoms with Gasteiger partial charge in [-0.15, -0.1) is 0 Å². The minimum Gasteiger partial charge on any atom is -0.450 e. The van der Waals surface area contributed by atoms with Gasteiger partial charge in [0.2, 0.25) is 5.91 Å². The van der Waals surface area contributed by atoms with Gasteiger partial charge in [-0.25, -0.2) is 4.79 Å². The van der Waals surface area contributed by atoms with Crippen LogP contribution in [-0.4, -0.2) is 36.6 Å². The molecular formula is C29H35N3O4. The number of aliphatic imine (C=N–C) groups is 1. The Balaban J connectivity index is 1.59. The second kappa shape index (κ2) is 13.4. The van der Waals surface area contributed by atoms with Crippen LogP contribution in [0.1, 0.15) is 50.3 Å². The number of hydrogen-bond donors (Lipinski definition) is 2. The second-order valence-corrected chi connectivity index (χ2v) is 9.31. The van der Waals surface area contributed by atoms with Crippen LogP contribution in [0.3, 0.4) is 0 Å². The summed E-state index contributed by atoms with van der Waals surface area (Å²) in [6.07, 6.45) is 4.81. The highest BCUT2D eigenvalue weighted by atomic mass is 16.5. The number of rotatable bonds is 10. The third kappa shape index (κ3) is 8.48. The van der Waals surface area contributed by atoms with Gasteiger partial charge in [0.25, 0.3) is 0 Å².